The lowest BCUT2D eigenvalue weighted by Crippen LogP contribution is -2.46. The van der Waals surface area contributed by atoms with Gasteiger partial charge in [-0.05, 0) is 24.3 Å². The van der Waals surface area contributed by atoms with Gasteiger partial charge in [0, 0.05) is 45.3 Å². The van der Waals surface area contributed by atoms with Crippen molar-refractivity contribution in [3.05, 3.63) is 0 Å². The molecule has 0 amide bonds. The van der Waals surface area contributed by atoms with E-state index in [1.54, 1.807) is 0 Å². The Balaban J connectivity index is 1.47. The van der Waals surface area contributed by atoms with E-state index in [2.05, 4.69) is 29.0 Å². The number of ether oxygens (including phenoxy) is 1. The average molecular weight is 267 g/mol. The predicted molar refractivity (Wildman–Crippen MR) is 77.4 cm³/mol. The van der Waals surface area contributed by atoms with Crippen molar-refractivity contribution in [3.8, 4) is 0 Å². The molecule has 4 heteroatoms. The number of hydrogen-bond acceptors (Lipinski definition) is 4. The van der Waals surface area contributed by atoms with Gasteiger partial charge < -0.3 is 15.0 Å². The molecule has 0 saturated carbocycles. The summed E-state index contributed by atoms with van der Waals surface area (Å²) in [4.78, 5) is 5.25. The highest BCUT2D eigenvalue weighted by atomic mass is 16.5. The van der Waals surface area contributed by atoms with Crippen molar-refractivity contribution in [3.63, 3.8) is 0 Å². The van der Waals surface area contributed by atoms with Crippen LogP contribution in [0.25, 0.3) is 0 Å². The van der Waals surface area contributed by atoms with E-state index in [0.29, 0.717) is 5.41 Å². The molecule has 3 aliphatic heterocycles. The zero-order valence-corrected chi connectivity index (χ0v) is 12.5. The summed E-state index contributed by atoms with van der Waals surface area (Å²) in [5, 5.41) is 3.65. The lowest BCUT2D eigenvalue weighted by Gasteiger charge is -2.37. The highest BCUT2D eigenvalue weighted by Crippen LogP contribution is 2.28. The van der Waals surface area contributed by atoms with Gasteiger partial charge in [0.2, 0.25) is 0 Å². The van der Waals surface area contributed by atoms with Crippen LogP contribution in [0.5, 0.6) is 0 Å². The van der Waals surface area contributed by atoms with E-state index in [1.807, 2.05) is 0 Å². The maximum Gasteiger partial charge on any atom is 0.0594 e. The van der Waals surface area contributed by atoms with Gasteiger partial charge in [0.1, 0.15) is 0 Å². The third-order valence-corrected chi connectivity index (χ3v) is 4.85. The normalized spacial score (nSPS) is 33.8. The number of morpholine rings is 1. The molecule has 2 atom stereocenters. The zero-order valence-electron chi connectivity index (χ0n) is 12.5. The first kappa shape index (κ1) is 13.8. The molecule has 0 radical (unpaired) electrons. The molecule has 0 aromatic rings. The molecule has 0 aliphatic carbocycles. The number of hydrogen-bond donors (Lipinski definition) is 1. The Morgan fingerprint density at radius 2 is 1.84 bits per heavy atom. The molecule has 0 bridgehead atoms. The van der Waals surface area contributed by atoms with Crippen LogP contribution in [0.4, 0.5) is 0 Å². The number of likely N-dealkylation sites (tertiary alicyclic amines) is 1. The van der Waals surface area contributed by atoms with Crippen LogP contribution >= 0.6 is 0 Å². The summed E-state index contributed by atoms with van der Waals surface area (Å²) in [6.45, 7) is 15.1. The van der Waals surface area contributed by atoms with Gasteiger partial charge in [-0.1, -0.05) is 13.8 Å². The standard InChI is InChI=1S/C15H29N3O/c1-15(2,11-17-5-7-19-8-6-17)12-18-9-13-3-4-16-14(13)10-18/h13-14,16H,3-12H2,1-2H3/t13-,14+/m0/s1. The van der Waals surface area contributed by atoms with Crippen LogP contribution in [0.15, 0.2) is 0 Å². The fraction of sp³-hybridized carbons (Fsp3) is 1.00. The molecular formula is C15H29N3O. The second kappa shape index (κ2) is 5.68. The van der Waals surface area contributed by atoms with Crippen molar-refractivity contribution in [1.82, 2.24) is 15.1 Å². The van der Waals surface area contributed by atoms with E-state index in [4.69, 9.17) is 4.74 Å². The minimum Gasteiger partial charge on any atom is -0.379 e. The quantitative estimate of drug-likeness (QED) is 0.809. The van der Waals surface area contributed by atoms with Crippen molar-refractivity contribution < 1.29 is 4.74 Å². The van der Waals surface area contributed by atoms with E-state index < -0.39 is 0 Å². The molecule has 0 aromatic carbocycles. The average Bonchev–Trinajstić information content (AvgIpc) is 2.89. The summed E-state index contributed by atoms with van der Waals surface area (Å²) in [6, 6.07) is 0.777. The van der Waals surface area contributed by atoms with Gasteiger partial charge >= 0.3 is 0 Å². The molecule has 3 saturated heterocycles. The molecule has 19 heavy (non-hydrogen) atoms. The molecule has 1 N–H and O–H groups in total. The van der Waals surface area contributed by atoms with E-state index in [1.165, 1.54) is 39.1 Å². The van der Waals surface area contributed by atoms with E-state index >= 15 is 0 Å². The van der Waals surface area contributed by atoms with Crippen molar-refractivity contribution in [2.24, 2.45) is 11.3 Å². The fourth-order valence-corrected chi connectivity index (χ4v) is 4.09. The monoisotopic (exact) mass is 267 g/mol. The second-order valence-corrected chi connectivity index (χ2v) is 7.36. The number of nitrogens with zero attached hydrogens (tertiary/aromatic N) is 2. The van der Waals surface area contributed by atoms with Crippen LogP contribution in [-0.4, -0.2) is 74.9 Å². The molecule has 110 valence electrons. The number of rotatable bonds is 4. The lowest BCUT2D eigenvalue weighted by atomic mass is 9.91. The van der Waals surface area contributed by atoms with Gasteiger partial charge in [0.05, 0.1) is 13.2 Å². The second-order valence-electron chi connectivity index (χ2n) is 7.36. The topological polar surface area (TPSA) is 27.7 Å². The Kier molecular flexibility index (Phi) is 4.13. The first-order valence-corrected chi connectivity index (χ1v) is 7.88. The molecule has 4 nitrogen and oxygen atoms in total. The molecule has 0 spiro atoms. The maximum atomic E-state index is 5.44. The Morgan fingerprint density at radius 3 is 2.58 bits per heavy atom. The molecule has 0 aromatic heterocycles. The summed E-state index contributed by atoms with van der Waals surface area (Å²) in [5.74, 6) is 0.916. The third-order valence-electron chi connectivity index (χ3n) is 4.85. The maximum absolute atomic E-state index is 5.44. The minimum absolute atomic E-state index is 0.385. The highest BCUT2D eigenvalue weighted by molar-refractivity contribution is 4.95. The summed E-state index contributed by atoms with van der Waals surface area (Å²) < 4.78 is 5.44. The van der Waals surface area contributed by atoms with Gasteiger partial charge in [0.15, 0.2) is 0 Å². The van der Waals surface area contributed by atoms with Crippen molar-refractivity contribution in [2.75, 3.05) is 59.0 Å². The van der Waals surface area contributed by atoms with Crippen molar-refractivity contribution in [1.29, 1.82) is 0 Å². The van der Waals surface area contributed by atoms with Crippen LogP contribution in [-0.2, 0) is 4.74 Å². The van der Waals surface area contributed by atoms with Crippen molar-refractivity contribution in [2.45, 2.75) is 26.3 Å². The predicted octanol–water partition coefficient (Wildman–Crippen LogP) is 0.639. The van der Waals surface area contributed by atoms with Gasteiger partial charge in [-0.15, -0.1) is 0 Å². The molecular weight excluding hydrogens is 238 g/mol. The van der Waals surface area contributed by atoms with Crippen LogP contribution in [0.1, 0.15) is 20.3 Å². The lowest BCUT2D eigenvalue weighted by molar-refractivity contribution is 0.0160. The van der Waals surface area contributed by atoms with Crippen LogP contribution < -0.4 is 5.32 Å². The van der Waals surface area contributed by atoms with Gasteiger partial charge in [-0.25, -0.2) is 0 Å². The van der Waals surface area contributed by atoms with Crippen LogP contribution in [0.3, 0.4) is 0 Å². The minimum atomic E-state index is 0.385. The largest absolute Gasteiger partial charge is 0.379 e. The summed E-state index contributed by atoms with van der Waals surface area (Å²) in [7, 11) is 0. The number of nitrogens with one attached hydrogen (secondary N) is 1. The Hall–Kier alpha value is -0.160. The Bertz CT molecular complexity index is 290. The van der Waals surface area contributed by atoms with Gasteiger partial charge in [-0.3, -0.25) is 4.90 Å². The van der Waals surface area contributed by atoms with Crippen LogP contribution in [0, 0.1) is 11.3 Å². The SMILES string of the molecule is CC(C)(CN1CCOCC1)CN1C[C@@H]2CCN[C@@H]2C1. The first-order chi connectivity index (χ1) is 9.12. The van der Waals surface area contributed by atoms with Gasteiger partial charge in [-0.2, -0.15) is 0 Å². The molecule has 3 heterocycles. The van der Waals surface area contributed by atoms with Gasteiger partial charge in [0.25, 0.3) is 0 Å². The summed E-state index contributed by atoms with van der Waals surface area (Å²) in [5.41, 5.74) is 0.385. The number of fused-ring (bicyclic) bond motifs is 1. The smallest absolute Gasteiger partial charge is 0.0594 e. The summed E-state index contributed by atoms with van der Waals surface area (Å²) >= 11 is 0. The van der Waals surface area contributed by atoms with Crippen molar-refractivity contribution >= 4 is 0 Å². The Labute approximate surface area is 117 Å². The molecule has 3 rings (SSSR count). The van der Waals surface area contributed by atoms with E-state index in [9.17, 15) is 0 Å². The van der Waals surface area contributed by atoms with E-state index in [-0.39, 0.29) is 0 Å². The highest BCUT2D eigenvalue weighted by Gasteiger charge is 2.38. The Morgan fingerprint density at radius 1 is 1.11 bits per heavy atom. The zero-order chi connectivity index (χ0) is 13.3. The van der Waals surface area contributed by atoms with Crippen LogP contribution in [0.2, 0.25) is 0 Å². The third kappa shape index (κ3) is 3.48. The first-order valence-electron chi connectivity index (χ1n) is 7.88. The fourth-order valence-electron chi connectivity index (χ4n) is 4.09. The molecule has 3 aliphatic rings. The molecule has 0 unspecified atom stereocenters. The van der Waals surface area contributed by atoms with E-state index in [0.717, 1.165) is 38.3 Å². The molecule has 3 fully saturated rings. The summed E-state index contributed by atoms with van der Waals surface area (Å²) in [6.07, 6.45) is 1.38.